The molecule has 5 nitrogen and oxygen atoms in total. The van der Waals surface area contributed by atoms with E-state index in [1.165, 1.54) is 6.42 Å². The van der Waals surface area contributed by atoms with Crippen molar-refractivity contribution in [3.8, 4) is 0 Å². The molecule has 0 aromatic rings. The van der Waals surface area contributed by atoms with Crippen molar-refractivity contribution in [1.29, 1.82) is 0 Å². The summed E-state index contributed by atoms with van der Waals surface area (Å²) in [5, 5.41) is 16.1. The van der Waals surface area contributed by atoms with Gasteiger partial charge in [0.25, 0.3) is 0 Å². The van der Waals surface area contributed by atoms with Crippen LogP contribution >= 0.6 is 0 Å². The minimum absolute atomic E-state index is 0.0420. The molecule has 2 bridgehead atoms. The van der Waals surface area contributed by atoms with Crippen LogP contribution in [0.25, 0.3) is 0 Å². The average Bonchev–Trinajstić information content (AvgIpc) is 3.01. The van der Waals surface area contributed by atoms with Gasteiger partial charge in [-0.3, -0.25) is 9.59 Å². The summed E-state index contributed by atoms with van der Waals surface area (Å²) >= 11 is 0. The summed E-state index contributed by atoms with van der Waals surface area (Å²) < 4.78 is 0. The van der Waals surface area contributed by atoms with Crippen molar-refractivity contribution < 1.29 is 14.7 Å². The zero-order valence-corrected chi connectivity index (χ0v) is 12.6. The molecule has 0 radical (unpaired) electrons. The predicted octanol–water partition coefficient (Wildman–Crippen LogP) is 1.67. The lowest BCUT2D eigenvalue weighted by Crippen LogP contribution is -2.46. The van der Waals surface area contributed by atoms with Gasteiger partial charge in [-0.15, -0.1) is 0 Å². The molecule has 1 aliphatic carbocycles. The fraction of sp³-hybridized carbons (Fsp3) is 0.875. The van der Waals surface area contributed by atoms with Crippen LogP contribution < -0.4 is 10.6 Å². The highest BCUT2D eigenvalue weighted by atomic mass is 16.4. The number of aliphatic carboxylic acids is 1. The molecule has 0 aromatic heterocycles. The molecule has 0 aromatic carbocycles. The number of carboxylic acids is 1. The van der Waals surface area contributed by atoms with E-state index in [0.717, 1.165) is 38.5 Å². The van der Waals surface area contributed by atoms with E-state index in [9.17, 15) is 14.7 Å². The number of rotatable bonds is 4. The van der Waals surface area contributed by atoms with E-state index >= 15 is 0 Å². The summed E-state index contributed by atoms with van der Waals surface area (Å²) in [6.07, 6.45) is 8.68. The van der Waals surface area contributed by atoms with Gasteiger partial charge in [-0.05, 0) is 32.1 Å². The number of hydrogen-bond donors (Lipinski definition) is 3. The van der Waals surface area contributed by atoms with Gasteiger partial charge in [0.1, 0.15) is 0 Å². The van der Waals surface area contributed by atoms with Gasteiger partial charge in [0.15, 0.2) is 0 Å². The Bertz CT molecular complexity index is 416. The van der Waals surface area contributed by atoms with Crippen LogP contribution in [0.1, 0.15) is 57.8 Å². The van der Waals surface area contributed by atoms with E-state index in [0.29, 0.717) is 31.5 Å². The highest BCUT2D eigenvalue weighted by molar-refractivity contribution is 5.81. The Morgan fingerprint density at radius 2 is 1.86 bits per heavy atom. The van der Waals surface area contributed by atoms with Gasteiger partial charge in [-0.2, -0.15) is 0 Å². The molecule has 2 heterocycles. The third kappa shape index (κ3) is 2.93. The molecule has 3 rings (SSSR count). The summed E-state index contributed by atoms with van der Waals surface area (Å²) in [6.45, 7) is 0.301. The molecular formula is C16H26N2O3. The standard InChI is InChI=1S/C16H26N2O3/c19-14(12-9-11-5-6-13(12)18-11)17-10-16(15(20)21)7-3-1-2-4-8-16/h11-13,18H,1-10H2,(H,17,19)(H,20,21). The zero-order chi connectivity index (χ0) is 14.9. The maximum absolute atomic E-state index is 12.4. The summed E-state index contributed by atoms with van der Waals surface area (Å²) in [5.41, 5.74) is -0.739. The second-order valence-electron chi connectivity index (χ2n) is 7.11. The Kier molecular flexibility index (Phi) is 4.20. The minimum Gasteiger partial charge on any atom is -0.481 e. The number of hydrogen-bond acceptors (Lipinski definition) is 3. The molecule has 0 spiro atoms. The third-order valence-electron chi connectivity index (χ3n) is 5.75. The first-order valence-electron chi connectivity index (χ1n) is 8.38. The van der Waals surface area contributed by atoms with Crippen LogP contribution in [0, 0.1) is 11.3 Å². The third-order valence-corrected chi connectivity index (χ3v) is 5.75. The van der Waals surface area contributed by atoms with Crippen molar-refractivity contribution in [3.05, 3.63) is 0 Å². The second kappa shape index (κ2) is 5.95. The molecule has 1 saturated carbocycles. The van der Waals surface area contributed by atoms with Gasteiger partial charge in [-0.1, -0.05) is 25.7 Å². The first-order chi connectivity index (χ1) is 10.1. The van der Waals surface area contributed by atoms with Gasteiger partial charge in [0.2, 0.25) is 5.91 Å². The van der Waals surface area contributed by atoms with Crippen molar-refractivity contribution in [2.75, 3.05) is 6.54 Å². The van der Waals surface area contributed by atoms with E-state index in [2.05, 4.69) is 10.6 Å². The van der Waals surface area contributed by atoms with E-state index in [1.807, 2.05) is 0 Å². The van der Waals surface area contributed by atoms with Crippen molar-refractivity contribution in [2.24, 2.45) is 11.3 Å². The molecule has 3 fully saturated rings. The lowest BCUT2D eigenvalue weighted by Gasteiger charge is -2.29. The first-order valence-corrected chi connectivity index (χ1v) is 8.38. The van der Waals surface area contributed by atoms with Crippen LogP contribution in [-0.4, -0.2) is 35.6 Å². The number of carbonyl (C=O) groups is 2. The number of carbonyl (C=O) groups excluding carboxylic acids is 1. The summed E-state index contributed by atoms with van der Waals surface area (Å²) in [7, 11) is 0. The van der Waals surface area contributed by atoms with E-state index in [-0.39, 0.29) is 11.8 Å². The zero-order valence-electron chi connectivity index (χ0n) is 12.6. The molecular weight excluding hydrogens is 268 g/mol. The Balaban J connectivity index is 1.59. The SMILES string of the molecule is O=C(NCC1(C(=O)O)CCCCCC1)C1CC2CCC1N2. The van der Waals surface area contributed by atoms with Crippen LogP contribution in [0.4, 0.5) is 0 Å². The fourth-order valence-electron chi connectivity index (χ4n) is 4.37. The summed E-state index contributed by atoms with van der Waals surface area (Å²) in [6, 6.07) is 0.807. The van der Waals surface area contributed by atoms with Crippen LogP contribution in [0.5, 0.6) is 0 Å². The molecule has 2 saturated heterocycles. The predicted molar refractivity (Wildman–Crippen MR) is 78.8 cm³/mol. The maximum atomic E-state index is 12.4. The van der Waals surface area contributed by atoms with Crippen LogP contribution in [-0.2, 0) is 9.59 Å². The molecule has 2 aliphatic heterocycles. The number of carboxylic acid groups (broad SMARTS) is 1. The van der Waals surface area contributed by atoms with Gasteiger partial charge in [0, 0.05) is 18.6 Å². The highest BCUT2D eigenvalue weighted by Gasteiger charge is 2.44. The van der Waals surface area contributed by atoms with E-state index in [1.54, 1.807) is 0 Å². The van der Waals surface area contributed by atoms with Crippen molar-refractivity contribution in [3.63, 3.8) is 0 Å². The quantitative estimate of drug-likeness (QED) is 0.689. The second-order valence-corrected chi connectivity index (χ2v) is 7.11. The molecule has 5 heteroatoms. The van der Waals surface area contributed by atoms with Crippen molar-refractivity contribution in [1.82, 2.24) is 10.6 Å². The topological polar surface area (TPSA) is 78.4 Å². The summed E-state index contributed by atoms with van der Waals surface area (Å²) in [5.74, 6) is -0.643. The Morgan fingerprint density at radius 3 is 2.38 bits per heavy atom. The molecule has 118 valence electrons. The number of amides is 1. The normalized spacial score (nSPS) is 34.4. The number of nitrogens with one attached hydrogen (secondary N) is 2. The molecule has 21 heavy (non-hydrogen) atoms. The Hall–Kier alpha value is -1.10. The van der Waals surface area contributed by atoms with Gasteiger partial charge in [0.05, 0.1) is 11.3 Å². The maximum Gasteiger partial charge on any atom is 0.311 e. The minimum atomic E-state index is -0.740. The van der Waals surface area contributed by atoms with E-state index in [4.69, 9.17) is 0 Å². The summed E-state index contributed by atoms with van der Waals surface area (Å²) in [4.78, 5) is 24.1. The van der Waals surface area contributed by atoms with Crippen LogP contribution in [0.15, 0.2) is 0 Å². The monoisotopic (exact) mass is 294 g/mol. The van der Waals surface area contributed by atoms with Crippen LogP contribution in [0.3, 0.4) is 0 Å². The lowest BCUT2D eigenvalue weighted by molar-refractivity contribution is -0.150. The lowest BCUT2D eigenvalue weighted by atomic mass is 9.80. The Morgan fingerprint density at radius 1 is 1.14 bits per heavy atom. The van der Waals surface area contributed by atoms with Gasteiger partial charge in [-0.25, -0.2) is 0 Å². The van der Waals surface area contributed by atoms with Crippen molar-refractivity contribution >= 4 is 11.9 Å². The Labute approximate surface area is 125 Å². The molecule has 3 aliphatic rings. The van der Waals surface area contributed by atoms with Crippen molar-refractivity contribution in [2.45, 2.75) is 69.9 Å². The highest BCUT2D eigenvalue weighted by Crippen LogP contribution is 2.36. The molecule has 3 unspecified atom stereocenters. The number of fused-ring (bicyclic) bond motifs is 2. The molecule has 3 atom stereocenters. The van der Waals surface area contributed by atoms with E-state index < -0.39 is 11.4 Å². The van der Waals surface area contributed by atoms with Gasteiger partial charge >= 0.3 is 5.97 Å². The smallest absolute Gasteiger partial charge is 0.311 e. The first kappa shape index (κ1) is 14.8. The van der Waals surface area contributed by atoms with Gasteiger partial charge < -0.3 is 15.7 Å². The van der Waals surface area contributed by atoms with Crippen LogP contribution in [0.2, 0.25) is 0 Å². The molecule has 3 N–H and O–H groups in total. The molecule has 1 amide bonds. The fourth-order valence-corrected chi connectivity index (χ4v) is 4.37. The average molecular weight is 294 g/mol. The largest absolute Gasteiger partial charge is 0.481 e.